The summed E-state index contributed by atoms with van der Waals surface area (Å²) in [5, 5.41) is 0. The van der Waals surface area contributed by atoms with Gasteiger partial charge in [-0.05, 0) is 41.5 Å². The Morgan fingerprint density at radius 1 is 0.818 bits per heavy atom. The van der Waals surface area contributed by atoms with Crippen LogP contribution in [-0.4, -0.2) is 0 Å². The molecule has 0 unspecified atom stereocenters. The van der Waals surface area contributed by atoms with Crippen LogP contribution in [0.3, 0.4) is 0 Å². The van der Waals surface area contributed by atoms with E-state index in [1.165, 1.54) is 27.8 Å². The van der Waals surface area contributed by atoms with Gasteiger partial charge in [-0.3, -0.25) is 0 Å². The summed E-state index contributed by atoms with van der Waals surface area (Å²) in [6.07, 6.45) is 11.9. The Morgan fingerprint density at radius 2 is 1.45 bits per heavy atom. The molecule has 0 amide bonds. The molecule has 1 spiro atoms. The van der Waals surface area contributed by atoms with Gasteiger partial charge < -0.3 is 0 Å². The molecule has 0 nitrogen and oxygen atoms in total. The standard InChI is InChI=1S/C22H20/c1-17-10-4-2-3-9-15-22(16-17)20-13-7-5-11-18(20)19-12-6-8-14-21(19)22/h2-8,10-14H,1,9,15-16H2/b3-2-,10-4-. The van der Waals surface area contributed by atoms with Crippen LogP contribution < -0.4 is 0 Å². The van der Waals surface area contributed by atoms with Gasteiger partial charge in [0.25, 0.3) is 0 Å². The van der Waals surface area contributed by atoms with Crippen molar-refractivity contribution in [1.29, 1.82) is 0 Å². The monoisotopic (exact) mass is 284 g/mol. The van der Waals surface area contributed by atoms with Crippen LogP contribution in [0.4, 0.5) is 0 Å². The predicted octanol–water partition coefficient (Wildman–Crippen LogP) is 5.81. The smallest absolute Gasteiger partial charge is 0.0258 e. The van der Waals surface area contributed by atoms with Crippen molar-refractivity contribution < 1.29 is 0 Å². The molecule has 108 valence electrons. The van der Waals surface area contributed by atoms with Crippen molar-refractivity contribution in [2.24, 2.45) is 0 Å². The van der Waals surface area contributed by atoms with E-state index < -0.39 is 0 Å². The number of allylic oxidation sites excluding steroid dienone is 5. The summed E-state index contributed by atoms with van der Waals surface area (Å²) in [7, 11) is 0. The van der Waals surface area contributed by atoms with E-state index in [0.717, 1.165) is 19.3 Å². The van der Waals surface area contributed by atoms with E-state index in [0.29, 0.717) is 0 Å². The van der Waals surface area contributed by atoms with Crippen LogP contribution in [-0.2, 0) is 5.41 Å². The lowest BCUT2D eigenvalue weighted by atomic mass is 9.70. The Balaban J connectivity index is 1.97. The quantitative estimate of drug-likeness (QED) is 0.573. The van der Waals surface area contributed by atoms with Gasteiger partial charge in [0.05, 0.1) is 0 Å². The first-order valence-corrected chi connectivity index (χ1v) is 8.02. The Morgan fingerprint density at radius 3 is 2.14 bits per heavy atom. The number of hydrogen-bond acceptors (Lipinski definition) is 0. The zero-order chi connectivity index (χ0) is 15.0. The summed E-state index contributed by atoms with van der Waals surface area (Å²) in [5.41, 5.74) is 7.03. The molecule has 2 aliphatic rings. The lowest BCUT2D eigenvalue weighted by Gasteiger charge is -2.32. The van der Waals surface area contributed by atoms with Crippen LogP contribution >= 0.6 is 0 Å². The lowest BCUT2D eigenvalue weighted by Crippen LogP contribution is -2.25. The molecule has 4 rings (SSSR count). The lowest BCUT2D eigenvalue weighted by molar-refractivity contribution is 0.487. The third-order valence-electron chi connectivity index (χ3n) is 5.02. The first kappa shape index (κ1) is 13.3. The zero-order valence-electron chi connectivity index (χ0n) is 12.8. The first-order valence-electron chi connectivity index (χ1n) is 8.02. The minimum Gasteiger partial charge on any atom is -0.0958 e. The van der Waals surface area contributed by atoms with Crippen LogP contribution in [0.1, 0.15) is 30.4 Å². The van der Waals surface area contributed by atoms with Crippen molar-refractivity contribution in [2.75, 3.05) is 0 Å². The maximum atomic E-state index is 4.30. The number of fused-ring (bicyclic) bond motifs is 5. The van der Waals surface area contributed by atoms with E-state index in [1.807, 2.05) is 0 Å². The maximum Gasteiger partial charge on any atom is 0.0258 e. The summed E-state index contributed by atoms with van der Waals surface area (Å²) in [5.74, 6) is 0. The highest BCUT2D eigenvalue weighted by molar-refractivity contribution is 5.81. The van der Waals surface area contributed by atoms with Crippen molar-refractivity contribution in [1.82, 2.24) is 0 Å². The van der Waals surface area contributed by atoms with Crippen LogP contribution in [0, 0.1) is 0 Å². The SMILES string of the molecule is C=C1/C=C\C=C/CCC2(C1)c1ccccc1-c1ccccc12. The Hall–Kier alpha value is -2.34. The van der Waals surface area contributed by atoms with Gasteiger partial charge in [-0.25, -0.2) is 0 Å². The van der Waals surface area contributed by atoms with Gasteiger partial charge in [0, 0.05) is 5.41 Å². The third-order valence-corrected chi connectivity index (χ3v) is 5.02. The molecule has 22 heavy (non-hydrogen) atoms. The summed E-state index contributed by atoms with van der Waals surface area (Å²) in [6, 6.07) is 17.8. The van der Waals surface area contributed by atoms with Crippen molar-refractivity contribution in [2.45, 2.75) is 24.7 Å². The van der Waals surface area contributed by atoms with Gasteiger partial charge in [0.2, 0.25) is 0 Å². The van der Waals surface area contributed by atoms with E-state index in [-0.39, 0.29) is 5.41 Å². The second kappa shape index (κ2) is 5.14. The van der Waals surface area contributed by atoms with E-state index >= 15 is 0 Å². The molecule has 0 N–H and O–H groups in total. The minimum absolute atomic E-state index is 0.0727. The summed E-state index contributed by atoms with van der Waals surface area (Å²) >= 11 is 0. The average Bonchev–Trinajstić information content (AvgIpc) is 2.87. The van der Waals surface area contributed by atoms with Crippen molar-refractivity contribution in [3.63, 3.8) is 0 Å². The fourth-order valence-electron chi connectivity index (χ4n) is 4.11. The van der Waals surface area contributed by atoms with E-state index in [9.17, 15) is 0 Å². The first-order chi connectivity index (χ1) is 10.8. The molecule has 2 aromatic carbocycles. The van der Waals surface area contributed by atoms with E-state index in [1.54, 1.807) is 0 Å². The Bertz CT molecular complexity index is 744. The average molecular weight is 284 g/mol. The summed E-state index contributed by atoms with van der Waals surface area (Å²) in [4.78, 5) is 0. The number of hydrogen-bond donors (Lipinski definition) is 0. The van der Waals surface area contributed by atoms with E-state index in [4.69, 9.17) is 0 Å². The van der Waals surface area contributed by atoms with Gasteiger partial charge >= 0.3 is 0 Å². The highest BCUT2D eigenvalue weighted by Gasteiger charge is 2.42. The Kier molecular flexibility index (Phi) is 3.11. The molecule has 0 aromatic heterocycles. The molecule has 0 saturated heterocycles. The summed E-state index contributed by atoms with van der Waals surface area (Å²) < 4.78 is 0. The van der Waals surface area contributed by atoms with Crippen LogP contribution in [0.5, 0.6) is 0 Å². The molecule has 0 heterocycles. The van der Waals surface area contributed by atoms with Crippen molar-refractivity contribution in [3.05, 3.63) is 96.1 Å². The van der Waals surface area contributed by atoms with Crippen molar-refractivity contribution >= 4 is 0 Å². The van der Waals surface area contributed by atoms with E-state index in [2.05, 4.69) is 79.4 Å². The molecular formula is C22H20. The van der Waals surface area contributed by atoms with Crippen LogP contribution in [0.2, 0.25) is 0 Å². The van der Waals surface area contributed by atoms with Crippen LogP contribution in [0.25, 0.3) is 11.1 Å². The largest absolute Gasteiger partial charge is 0.0958 e. The maximum absolute atomic E-state index is 4.30. The third kappa shape index (κ3) is 1.91. The number of rotatable bonds is 0. The van der Waals surface area contributed by atoms with Gasteiger partial charge in [-0.15, -0.1) is 0 Å². The predicted molar refractivity (Wildman–Crippen MR) is 93.9 cm³/mol. The Labute approximate surface area is 132 Å². The normalized spacial score (nSPS) is 21.4. The molecule has 0 atom stereocenters. The molecule has 0 saturated carbocycles. The topological polar surface area (TPSA) is 0 Å². The number of benzene rings is 2. The fourth-order valence-corrected chi connectivity index (χ4v) is 4.11. The van der Waals surface area contributed by atoms with Gasteiger partial charge in [-0.2, -0.15) is 0 Å². The van der Waals surface area contributed by atoms with Crippen molar-refractivity contribution in [3.8, 4) is 11.1 Å². The zero-order valence-corrected chi connectivity index (χ0v) is 12.8. The summed E-state index contributed by atoms with van der Waals surface area (Å²) in [6.45, 7) is 4.30. The van der Waals surface area contributed by atoms with Gasteiger partial charge in [-0.1, -0.05) is 85.0 Å². The van der Waals surface area contributed by atoms with Gasteiger partial charge in [0.1, 0.15) is 0 Å². The minimum atomic E-state index is 0.0727. The fraction of sp³-hybridized carbons (Fsp3) is 0.182. The molecule has 0 bridgehead atoms. The molecule has 0 aliphatic heterocycles. The molecule has 0 fully saturated rings. The highest BCUT2D eigenvalue weighted by Crippen LogP contribution is 2.54. The highest BCUT2D eigenvalue weighted by atomic mass is 14.4. The second-order valence-electron chi connectivity index (χ2n) is 6.33. The molecule has 2 aromatic rings. The molecule has 2 aliphatic carbocycles. The van der Waals surface area contributed by atoms with Gasteiger partial charge in [0.15, 0.2) is 0 Å². The van der Waals surface area contributed by atoms with Crippen LogP contribution in [0.15, 0.2) is 85.0 Å². The molecule has 0 radical (unpaired) electrons. The molecule has 0 heteroatoms. The second-order valence-corrected chi connectivity index (χ2v) is 6.33. The molecular weight excluding hydrogens is 264 g/mol.